The zero-order chi connectivity index (χ0) is 14.4. The Morgan fingerprint density at radius 3 is 2.35 bits per heavy atom. The molecule has 0 radical (unpaired) electrons. The van der Waals surface area contributed by atoms with Gasteiger partial charge < -0.3 is 4.42 Å². The van der Waals surface area contributed by atoms with E-state index in [0.717, 1.165) is 27.6 Å². The van der Waals surface area contributed by atoms with Crippen molar-refractivity contribution in [3.63, 3.8) is 0 Å². The van der Waals surface area contributed by atoms with E-state index >= 15 is 0 Å². The van der Waals surface area contributed by atoms with Crippen molar-refractivity contribution < 1.29 is 14.0 Å². The van der Waals surface area contributed by atoms with Gasteiger partial charge in [0.2, 0.25) is 0 Å². The molecule has 20 heavy (non-hydrogen) atoms. The van der Waals surface area contributed by atoms with Crippen LogP contribution in [0.4, 0.5) is 0 Å². The number of halogens is 1. The van der Waals surface area contributed by atoms with Crippen molar-refractivity contribution in [1.29, 1.82) is 0 Å². The largest absolute Gasteiger partial charge is 0.440 e. The molecular weight excluding hydrogens is 278 g/mol. The molecule has 4 nitrogen and oxygen atoms in total. The number of hydrogen-bond donors (Lipinski definition) is 0. The van der Waals surface area contributed by atoms with E-state index in [-0.39, 0.29) is 6.15 Å². The Balaban J connectivity index is 0.000000452. The molecule has 0 bridgehead atoms. The molecule has 1 heterocycles. The summed E-state index contributed by atoms with van der Waals surface area (Å²) in [5, 5.41) is 0.742. The zero-order valence-electron chi connectivity index (χ0n) is 10.4. The minimum absolute atomic E-state index is 0.250. The highest BCUT2D eigenvalue weighted by Gasteiger charge is 2.05. The Morgan fingerprint density at radius 1 is 1.05 bits per heavy atom. The molecule has 0 aliphatic heterocycles. The van der Waals surface area contributed by atoms with Crippen LogP contribution in [0.1, 0.15) is 11.5 Å². The summed E-state index contributed by atoms with van der Waals surface area (Å²) in [6.45, 7) is 0. The Hall–Kier alpha value is -2.42. The number of rotatable bonds is 2. The van der Waals surface area contributed by atoms with E-state index in [1.54, 1.807) is 0 Å². The predicted octanol–water partition coefficient (Wildman–Crippen LogP) is 3.49. The number of para-hydroxylation sites is 2. The summed E-state index contributed by atoms with van der Waals surface area (Å²) in [5.74, 6) is 0.730. The fourth-order valence-corrected chi connectivity index (χ4v) is 1.90. The second-order valence-electron chi connectivity index (χ2n) is 3.96. The molecule has 0 atom stereocenters. The first kappa shape index (κ1) is 14.0. The summed E-state index contributed by atoms with van der Waals surface area (Å²) in [5.41, 5.74) is 2.87. The highest BCUT2D eigenvalue weighted by atomic mass is 35.5. The maximum absolute atomic E-state index is 8.12. The van der Waals surface area contributed by atoms with Crippen LogP contribution in [0.2, 0.25) is 5.02 Å². The Morgan fingerprint density at radius 2 is 1.70 bits per heavy atom. The lowest BCUT2D eigenvalue weighted by molar-refractivity contribution is -0.191. The number of aromatic nitrogens is 1. The van der Waals surface area contributed by atoms with Crippen LogP contribution in [-0.2, 0) is 16.0 Å². The van der Waals surface area contributed by atoms with Crippen LogP contribution in [0, 0.1) is 0 Å². The number of nitrogens with zero attached hydrogens (tertiary/aromatic N) is 1. The number of hydrogen-bond acceptors (Lipinski definition) is 4. The monoisotopic (exact) mass is 287 g/mol. The van der Waals surface area contributed by atoms with Crippen molar-refractivity contribution in [3.05, 3.63) is 65.0 Å². The van der Waals surface area contributed by atoms with Gasteiger partial charge in [-0.1, -0.05) is 35.9 Å². The van der Waals surface area contributed by atoms with Gasteiger partial charge in [0.15, 0.2) is 11.5 Å². The fraction of sp³-hybridized carbons (Fsp3) is 0.0667. The predicted molar refractivity (Wildman–Crippen MR) is 73.3 cm³/mol. The second-order valence-corrected chi connectivity index (χ2v) is 4.40. The van der Waals surface area contributed by atoms with Crippen molar-refractivity contribution in [1.82, 2.24) is 4.98 Å². The van der Waals surface area contributed by atoms with Gasteiger partial charge in [-0.3, -0.25) is 0 Å². The van der Waals surface area contributed by atoms with Crippen molar-refractivity contribution in [2.45, 2.75) is 6.42 Å². The molecule has 2 aromatic carbocycles. The van der Waals surface area contributed by atoms with Crippen molar-refractivity contribution in [2.75, 3.05) is 0 Å². The molecule has 1 aromatic heterocycles. The van der Waals surface area contributed by atoms with Gasteiger partial charge in [0, 0.05) is 11.4 Å². The van der Waals surface area contributed by atoms with E-state index in [9.17, 15) is 0 Å². The summed E-state index contributed by atoms with van der Waals surface area (Å²) in [6.07, 6.45) is 0.936. The van der Waals surface area contributed by atoms with Crippen LogP contribution in [0.15, 0.2) is 52.9 Å². The third-order valence-corrected chi connectivity index (χ3v) is 2.86. The molecule has 5 heteroatoms. The molecule has 0 aliphatic rings. The van der Waals surface area contributed by atoms with Crippen LogP contribution in [0.5, 0.6) is 0 Å². The molecule has 3 aromatic rings. The van der Waals surface area contributed by atoms with Crippen molar-refractivity contribution in [2.24, 2.45) is 0 Å². The van der Waals surface area contributed by atoms with Gasteiger partial charge in [0.25, 0.3) is 0 Å². The third kappa shape index (κ3) is 3.54. The SMILES string of the molecule is Clc1ccc(Cc2nc3ccccc3o2)cc1.O=C=O. The van der Waals surface area contributed by atoms with Gasteiger partial charge >= 0.3 is 6.15 Å². The normalized spacial score (nSPS) is 9.65. The Bertz CT molecular complexity index is 695. The first-order chi connectivity index (χ1) is 9.72. The van der Waals surface area contributed by atoms with Crippen molar-refractivity contribution >= 4 is 28.9 Å². The lowest BCUT2D eigenvalue weighted by Crippen LogP contribution is -1.87. The summed E-state index contributed by atoms with van der Waals surface area (Å²) in [7, 11) is 0. The van der Waals surface area contributed by atoms with E-state index in [1.807, 2.05) is 48.5 Å². The van der Waals surface area contributed by atoms with Gasteiger partial charge in [-0.05, 0) is 29.8 Å². The summed E-state index contributed by atoms with van der Waals surface area (Å²) >= 11 is 5.84. The molecule has 0 spiro atoms. The summed E-state index contributed by atoms with van der Waals surface area (Å²) < 4.78 is 5.66. The molecule has 0 fully saturated rings. The summed E-state index contributed by atoms with van der Waals surface area (Å²) in [6, 6.07) is 15.5. The van der Waals surface area contributed by atoms with Crippen molar-refractivity contribution in [3.8, 4) is 0 Å². The van der Waals surface area contributed by atoms with Crippen LogP contribution < -0.4 is 0 Å². The van der Waals surface area contributed by atoms with E-state index in [2.05, 4.69) is 4.98 Å². The van der Waals surface area contributed by atoms with Crippen LogP contribution in [0.25, 0.3) is 11.1 Å². The molecule has 0 unspecified atom stereocenters. The van der Waals surface area contributed by atoms with E-state index in [1.165, 1.54) is 0 Å². The fourth-order valence-electron chi connectivity index (χ4n) is 1.77. The first-order valence-corrected chi connectivity index (χ1v) is 6.19. The molecule has 0 saturated heterocycles. The number of oxazole rings is 1. The van der Waals surface area contributed by atoms with Gasteiger partial charge in [-0.2, -0.15) is 9.59 Å². The minimum Gasteiger partial charge on any atom is -0.440 e. The standard InChI is InChI=1S/C14H10ClNO.CO2/c15-11-7-5-10(6-8-11)9-14-16-12-3-1-2-4-13(12)17-14;2-1-3/h1-8H,9H2;. The topological polar surface area (TPSA) is 60.2 Å². The molecule has 100 valence electrons. The third-order valence-electron chi connectivity index (χ3n) is 2.61. The van der Waals surface area contributed by atoms with Crippen LogP contribution in [0.3, 0.4) is 0 Å². The van der Waals surface area contributed by atoms with E-state index in [4.69, 9.17) is 25.6 Å². The second kappa shape index (κ2) is 6.66. The number of carbonyl (C=O) groups excluding carboxylic acids is 2. The minimum atomic E-state index is 0.250. The quantitative estimate of drug-likeness (QED) is 0.724. The molecule has 0 N–H and O–H groups in total. The zero-order valence-corrected chi connectivity index (χ0v) is 11.1. The highest BCUT2D eigenvalue weighted by molar-refractivity contribution is 6.30. The average Bonchev–Trinajstić information content (AvgIpc) is 2.84. The maximum Gasteiger partial charge on any atom is 0.373 e. The number of fused-ring (bicyclic) bond motifs is 1. The summed E-state index contributed by atoms with van der Waals surface area (Å²) in [4.78, 5) is 20.7. The molecule has 0 aliphatic carbocycles. The first-order valence-electron chi connectivity index (χ1n) is 5.81. The van der Waals surface area contributed by atoms with Crippen LogP contribution >= 0.6 is 11.6 Å². The molecule has 0 amide bonds. The van der Waals surface area contributed by atoms with E-state index < -0.39 is 0 Å². The Labute approximate surface area is 120 Å². The van der Waals surface area contributed by atoms with Gasteiger partial charge in [0.05, 0.1) is 0 Å². The van der Waals surface area contributed by atoms with Gasteiger partial charge in [-0.15, -0.1) is 0 Å². The van der Waals surface area contributed by atoms with Crippen LogP contribution in [-0.4, -0.2) is 11.1 Å². The molecular formula is C15H10ClNO3. The Kier molecular flexibility index (Phi) is 4.66. The molecule has 3 rings (SSSR count). The lowest BCUT2D eigenvalue weighted by Gasteiger charge is -1.96. The van der Waals surface area contributed by atoms with E-state index in [0.29, 0.717) is 6.42 Å². The smallest absolute Gasteiger partial charge is 0.373 e. The maximum atomic E-state index is 8.12. The molecule has 0 saturated carbocycles. The van der Waals surface area contributed by atoms with Gasteiger partial charge in [0.1, 0.15) is 5.52 Å². The number of benzene rings is 2. The van der Waals surface area contributed by atoms with Gasteiger partial charge in [-0.25, -0.2) is 4.98 Å². The highest BCUT2D eigenvalue weighted by Crippen LogP contribution is 2.18. The average molecular weight is 288 g/mol. The lowest BCUT2D eigenvalue weighted by atomic mass is 10.1.